The number of hydrogen-bond donors (Lipinski definition) is 0. The summed E-state index contributed by atoms with van der Waals surface area (Å²) in [6.07, 6.45) is 5.39. The summed E-state index contributed by atoms with van der Waals surface area (Å²) in [6, 6.07) is 0. The van der Waals surface area contributed by atoms with Gasteiger partial charge in [0.15, 0.2) is 0 Å². The number of rotatable bonds is 5. The molecule has 0 heterocycles. The van der Waals surface area contributed by atoms with E-state index in [4.69, 9.17) is 0 Å². The number of ketones is 1. The predicted molar refractivity (Wildman–Crippen MR) is 53.1 cm³/mol. The molecule has 1 atom stereocenters. The normalized spacial score (nSPS) is 13.4. The SMILES string of the molecule is CC/C(C)=C/CCC(C)C(C)=O.[V]. The molecule has 0 aliphatic rings. The number of carbonyl (C=O) groups is 1. The van der Waals surface area contributed by atoms with Crippen LogP contribution in [0.3, 0.4) is 0 Å². The zero-order valence-electron chi connectivity index (χ0n) is 9.13. The maximum Gasteiger partial charge on any atom is 0.132 e. The van der Waals surface area contributed by atoms with Gasteiger partial charge in [-0.2, -0.15) is 0 Å². The van der Waals surface area contributed by atoms with Crippen molar-refractivity contribution in [2.75, 3.05) is 0 Å². The van der Waals surface area contributed by atoms with E-state index in [0.717, 1.165) is 19.3 Å². The van der Waals surface area contributed by atoms with Gasteiger partial charge in [-0.15, -0.1) is 0 Å². The first-order valence-electron chi connectivity index (χ1n) is 4.74. The Bertz CT molecular complexity index is 173. The third-order valence-corrected chi connectivity index (χ3v) is 2.34. The van der Waals surface area contributed by atoms with E-state index in [1.165, 1.54) is 5.57 Å². The van der Waals surface area contributed by atoms with Gasteiger partial charge in [-0.1, -0.05) is 25.5 Å². The molecule has 13 heavy (non-hydrogen) atoms. The molecule has 0 spiro atoms. The number of carbonyl (C=O) groups excluding carboxylic acids is 1. The van der Waals surface area contributed by atoms with Crippen LogP contribution in [0.5, 0.6) is 0 Å². The molecule has 0 saturated heterocycles. The zero-order chi connectivity index (χ0) is 9.56. The molecule has 1 unspecified atom stereocenters. The number of Topliss-reactive ketones (excluding diaryl/α,β-unsaturated/α-hetero) is 1. The minimum Gasteiger partial charge on any atom is -0.300 e. The van der Waals surface area contributed by atoms with Crippen molar-refractivity contribution in [2.45, 2.75) is 47.0 Å². The minimum atomic E-state index is 0. The van der Waals surface area contributed by atoms with Crippen LogP contribution < -0.4 is 0 Å². The molecule has 0 aliphatic heterocycles. The van der Waals surface area contributed by atoms with Gasteiger partial charge in [0.25, 0.3) is 0 Å². The van der Waals surface area contributed by atoms with E-state index < -0.39 is 0 Å². The topological polar surface area (TPSA) is 17.1 Å². The molecule has 2 heteroatoms. The van der Waals surface area contributed by atoms with E-state index in [1.807, 2.05) is 6.92 Å². The fourth-order valence-electron chi connectivity index (χ4n) is 0.927. The van der Waals surface area contributed by atoms with Crippen LogP contribution in [0, 0.1) is 5.92 Å². The third kappa shape index (κ3) is 8.33. The second-order valence-corrected chi connectivity index (χ2v) is 3.49. The molecular weight excluding hydrogens is 199 g/mol. The van der Waals surface area contributed by atoms with Crippen LogP contribution in [0.1, 0.15) is 47.0 Å². The van der Waals surface area contributed by atoms with Gasteiger partial charge in [0, 0.05) is 24.5 Å². The van der Waals surface area contributed by atoms with Gasteiger partial charge in [0.2, 0.25) is 0 Å². The summed E-state index contributed by atoms with van der Waals surface area (Å²) in [6.45, 7) is 7.96. The molecule has 1 nitrogen and oxygen atoms in total. The van der Waals surface area contributed by atoms with Gasteiger partial charge in [0.1, 0.15) is 5.78 Å². The first kappa shape index (κ1) is 15.5. The van der Waals surface area contributed by atoms with Crippen molar-refractivity contribution in [3.63, 3.8) is 0 Å². The van der Waals surface area contributed by atoms with Gasteiger partial charge in [-0.05, 0) is 33.1 Å². The monoisotopic (exact) mass is 219 g/mol. The van der Waals surface area contributed by atoms with Crippen LogP contribution in [0.2, 0.25) is 0 Å². The maximum absolute atomic E-state index is 10.9. The fourth-order valence-corrected chi connectivity index (χ4v) is 0.927. The van der Waals surface area contributed by atoms with Crippen LogP contribution in [0.15, 0.2) is 11.6 Å². The molecule has 0 bridgehead atoms. The number of allylic oxidation sites excluding steroid dienone is 2. The largest absolute Gasteiger partial charge is 0.300 e. The predicted octanol–water partition coefficient (Wildman–Crippen LogP) is 3.35. The summed E-state index contributed by atoms with van der Waals surface area (Å²) in [5.41, 5.74) is 1.42. The second-order valence-electron chi connectivity index (χ2n) is 3.49. The Morgan fingerprint density at radius 1 is 1.38 bits per heavy atom. The molecule has 0 aliphatic carbocycles. The Morgan fingerprint density at radius 2 is 1.92 bits per heavy atom. The molecule has 0 rings (SSSR count). The van der Waals surface area contributed by atoms with E-state index in [0.29, 0.717) is 5.78 Å². The van der Waals surface area contributed by atoms with Crippen molar-refractivity contribution in [1.29, 1.82) is 0 Å². The molecule has 0 aromatic heterocycles. The molecule has 0 fully saturated rings. The summed E-state index contributed by atoms with van der Waals surface area (Å²) < 4.78 is 0. The van der Waals surface area contributed by atoms with E-state index in [-0.39, 0.29) is 24.5 Å². The quantitative estimate of drug-likeness (QED) is 0.648. The first-order chi connectivity index (χ1) is 5.57. The van der Waals surface area contributed by atoms with Crippen LogP contribution >= 0.6 is 0 Å². The van der Waals surface area contributed by atoms with Crippen LogP contribution in [-0.2, 0) is 23.4 Å². The van der Waals surface area contributed by atoms with Crippen LogP contribution in [-0.4, -0.2) is 5.78 Å². The van der Waals surface area contributed by atoms with Gasteiger partial charge >= 0.3 is 0 Å². The Hall–Kier alpha value is -0.00558. The van der Waals surface area contributed by atoms with Crippen molar-refractivity contribution in [3.05, 3.63) is 11.6 Å². The second kappa shape index (κ2) is 8.59. The minimum absolute atomic E-state index is 0. The Balaban J connectivity index is 0. The average Bonchev–Trinajstić information content (AvgIpc) is 2.03. The molecular formula is C11H20OV. The number of hydrogen-bond acceptors (Lipinski definition) is 1. The van der Waals surface area contributed by atoms with Crippen molar-refractivity contribution in [1.82, 2.24) is 0 Å². The molecule has 0 N–H and O–H groups in total. The van der Waals surface area contributed by atoms with Crippen molar-refractivity contribution < 1.29 is 23.4 Å². The molecule has 0 aromatic rings. The molecule has 0 saturated carbocycles. The summed E-state index contributed by atoms with van der Waals surface area (Å²) >= 11 is 0. The van der Waals surface area contributed by atoms with Crippen molar-refractivity contribution in [2.24, 2.45) is 5.92 Å². The van der Waals surface area contributed by atoms with Gasteiger partial charge in [0.05, 0.1) is 0 Å². The maximum atomic E-state index is 10.9. The summed E-state index contributed by atoms with van der Waals surface area (Å²) in [4.78, 5) is 10.9. The Labute approximate surface area is 93.9 Å². The average molecular weight is 219 g/mol. The molecule has 1 radical (unpaired) electrons. The van der Waals surface area contributed by atoms with Crippen molar-refractivity contribution in [3.8, 4) is 0 Å². The summed E-state index contributed by atoms with van der Waals surface area (Å²) in [7, 11) is 0. The molecule has 75 valence electrons. The van der Waals surface area contributed by atoms with Gasteiger partial charge in [-0.3, -0.25) is 4.79 Å². The van der Waals surface area contributed by atoms with Crippen LogP contribution in [0.25, 0.3) is 0 Å². The van der Waals surface area contributed by atoms with E-state index in [1.54, 1.807) is 6.92 Å². The van der Waals surface area contributed by atoms with E-state index >= 15 is 0 Å². The summed E-state index contributed by atoms with van der Waals surface area (Å²) in [5.74, 6) is 0.531. The zero-order valence-corrected chi connectivity index (χ0v) is 10.5. The van der Waals surface area contributed by atoms with Gasteiger partial charge < -0.3 is 0 Å². The van der Waals surface area contributed by atoms with E-state index in [2.05, 4.69) is 19.9 Å². The Morgan fingerprint density at radius 3 is 2.31 bits per heavy atom. The van der Waals surface area contributed by atoms with Crippen molar-refractivity contribution >= 4 is 5.78 Å². The molecule has 0 aromatic carbocycles. The third-order valence-electron chi connectivity index (χ3n) is 2.34. The standard InChI is InChI=1S/C11H20O.V/c1-5-9(2)7-6-8-10(3)11(4)12;/h7,10H,5-6,8H2,1-4H3;/b9-7+;. The molecule has 0 amide bonds. The van der Waals surface area contributed by atoms with E-state index in [9.17, 15) is 4.79 Å². The van der Waals surface area contributed by atoms with Gasteiger partial charge in [-0.25, -0.2) is 0 Å². The van der Waals surface area contributed by atoms with Crippen LogP contribution in [0.4, 0.5) is 0 Å². The summed E-state index contributed by atoms with van der Waals surface area (Å²) in [5, 5.41) is 0. The fraction of sp³-hybridized carbons (Fsp3) is 0.727. The smallest absolute Gasteiger partial charge is 0.132 e. The Kier molecular flexibility index (Phi) is 10.2. The first-order valence-corrected chi connectivity index (χ1v) is 4.74.